The van der Waals surface area contributed by atoms with Crippen molar-refractivity contribution in [3.63, 3.8) is 0 Å². The molecule has 1 N–H and O–H groups in total. The van der Waals surface area contributed by atoms with Gasteiger partial charge in [-0.2, -0.15) is 0 Å². The Hall–Kier alpha value is -2.73. The van der Waals surface area contributed by atoms with E-state index < -0.39 is 0 Å². The highest BCUT2D eigenvalue weighted by Crippen LogP contribution is 2.31. The molecule has 2 atom stereocenters. The van der Waals surface area contributed by atoms with Crippen LogP contribution in [0.1, 0.15) is 60.3 Å². The average Bonchev–Trinajstić information content (AvgIpc) is 3.46. The summed E-state index contributed by atoms with van der Waals surface area (Å²) in [5.41, 5.74) is 5.45. The van der Waals surface area contributed by atoms with Gasteiger partial charge in [0.25, 0.3) is 0 Å². The van der Waals surface area contributed by atoms with Crippen LogP contribution in [0.25, 0.3) is 0 Å². The van der Waals surface area contributed by atoms with Gasteiger partial charge < -0.3 is 9.80 Å². The number of benzene rings is 2. The molecule has 3 aromatic rings. The lowest BCUT2D eigenvalue weighted by atomic mass is 9.95. The van der Waals surface area contributed by atoms with Crippen molar-refractivity contribution in [2.75, 3.05) is 25.5 Å². The lowest BCUT2D eigenvalue weighted by Crippen LogP contribution is -3.12. The second kappa shape index (κ2) is 8.19. The molecule has 2 aliphatic rings. The Morgan fingerprint density at radius 1 is 1.00 bits per heavy atom. The molecule has 5 rings (SSSR count). The summed E-state index contributed by atoms with van der Waals surface area (Å²) in [6.45, 7) is 2.10. The molecule has 1 aliphatic carbocycles. The van der Waals surface area contributed by atoms with Crippen molar-refractivity contribution in [3.8, 4) is 0 Å². The van der Waals surface area contributed by atoms with Gasteiger partial charge in [-0.05, 0) is 41.0 Å². The lowest BCUT2D eigenvalue weighted by molar-refractivity contribution is -0.941. The fraction of sp³-hybridized carbons (Fsp3) is 0.458. The SMILES string of the molecule is CN(C)c1ccc([C@@H](c2nnnn2C2CCCC2)[NH+]2CCc3ccccc3C2)cc1. The van der Waals surface area contributed by atoms with Crippen LogP contribution in [0.2, 0.25) is 0 Å². The first-order valence-corrected chi connectivity index (χ1v) is 11.2. The third kappa shape index (κ3) is 3.60. The van der Waals surface area contributed by atoms with E-state index in [2.05, 4.69) is 87.7 Å². The molecule has 156 valence electrons. The maximum atomic E-state index is 4.60. The van der Waals surface area contributed by atoms with Gasteiger partial charge in [0.2, 0.25) is 5.82 Å². The summed E-state index contributed by atoms with van der Waals surface area (Å²) in [6.07, 6.45) is 6.01. The molecule has 1 aromatic heterocycles. The number of nitrogens with zero attached hydrogens (tertiary/aromatic N) is 5. The van der Waals surface area contributed by atoms with E-state index in [4.69, 9.17) is 0 Å². The molecular weight excluding hydrogens is 372 g/mol. The molecule has 2 aromatic carbocycles. The quantitative estimate of drug-likeness (QED) is 0.712. The van der Waals surface area contributed by atoms with Crippen LogP contribution in [0.4, 0.5) is 5.69 Å². The van der Waals surface area contributed by atoms with E-state index in [0.717, 1.165) is 25.3 Å². The lowest BCUT2D eigenvalue weighted by Gasteiger charge is -2.32. The standard InChI is InChI=1S/C24H30N6/c1-28(2)21-13-11-19(12-14-21)23(24-25-26-27-30(24)22-9-5-6-10-22)29-16-15-18-7-3-4-8-20(18)17-29/h3-4,7-8,11-14,22-23H,5-6,9-10,15-17H2,1-2H3/p+1/t23-/m0/s1. The molecule has 6 nitrogen and oxygen atoms in total. The predicted octanol–water partition coefficient (Wildman–Crippen LogP) is 2.58. The van der Waals surface area contributed by atoms with Gasteiger partial charge in [-0.25, -0.2) is 4.68 Å². The van der Waals surface area contributed by atoms with Crippen molar-refractivity contribution in [2.45, 2.75) is 50.7 Å². The second-order valence-electron chi connectivity index (χ2n) is 8.94. The summed E-state index contributed by atoms with van der Waals surface area (Å²) in [4.78, 5) is 3.67. The molecule has 30 heavy (non-hydrogen) atoms. The molecule has 2 heterocycles. The normalized spacial score (nSPS) is 20.1. The molecule has 1 saturated carbocycles. The van der Waals surface area contributed by atoms with E-state index in [1.807, 2.05) is 0 Å². The molecular formula is C24H31N6+. The molecule has 0 spiro atoms. The zero-order chi connectivity index (χ0) is 20.5. The fourth-order valence-corrected chi connectivity index (χ4v) is 5.18. The fourth-order valence-electron chi connectivity index (χ4n) is 5.18. The Kier molecular flexibility index (Phi) is 5.25. The van der Waals surface area contributed by atoms with Gasteiger partial charge in [0.1, 0.15) is 6.54 Å². The van der Waals surface area contributed by atoms with Crippen LogP contribution in [-0.4, -0.2) is 40.8 Å². The number of rotatable bonds is 5. The molecule has 1 aliphatic heterocycles. The van der Waals surface area contributed by atoms with Gasteiger partial charge in [-0.1, -0.05) is 49.2 Å². The van der Waals surface area contributed by atoms with Crippen LogP contribution in [-0.2, 0) is 13.0 Å². The van der Waals surface area contributed by atoms with E-state index in [9.17, 15) is 0 Å². The number of quaternary nitrogens is 1. The number of anilines is 1. The van der Waals surface area contributed by atoms with E-state index in [1.54, 1.807) is 0 Å². The summed E-state index contributed by atoms with van der Waals surface area (Å²) in [5, 5.41) is 13.2. The minimum absolute atomic E-state index is 0.144. The van der Waals surface area contributed by atoms with Crippen LogP contribution < -0.4 is 9.80 Å². The molecule has 6 heteroatoms. The Balaban J connectivity index is 1.54. The van der Waals surface area contributed by atoms with Crippen LogP contribution >= 0.6 is 0 Å². The topological polar surface area (TPSA) is 51.3 Å². The third-order valence-corrected chi connectivity index (χ3v) is 6.85. The second-order valence-corrected chi connectivity index (χ2v) is 8.94. The number of tetrazole rings is 1. The molecule has 0 saturated heterocycles. The van der Waals surface area contributed by atoms with Crippen molar-refractivity contribution in [1.29, 1.82) is 0 Å². The summed E-state index contributed by atoms with van der Waals surface area (Å²) >= 11 is 0. The van der Waals surface area contributed by atoms with Gasteiger partial charge in [-0.3, -0.25) is 0 Å². The van der Waals surface area contributed by atoms with E-state index >= 15 is 0 Å². The number of hydrogen-bond donors (Lipinski definition) is 1. The maximum Gasteiger partial charge on any atom is 0.214 e. The summed E-state index contributed by atoms with van der Waals surface area (Å²) in [5.74, 6) is 1.02. The van der Waals surface area contributed by atoms with Crippen molar-refractivity contribution in [1.82, 2.24) is 20.2 Å². The van der Waals surface area contributed by atoms with Gasteiger partial charge in [0, 0.05) is 37.3 Å². The molecule has 0 amide bonds. The third-order valence-electron chi connectivity index (χ3n) is 6.85. The van der Waals surface area contributed by atoms with E-state index in [0.29, 0.717) is 6.04 Å². The van der Waals surface area contributed by atoms with Crippen LogP contribution in [0.15, 0.2) is 48.5 Å². The van der Waals surface area contributed by atoms with Crippen LogP contribution in [0, 0.1) is 0 Å². The highest BCUT2D eigenvalue weighted by Gasteiger charge is 2.36. The molecule has 0 bridgehead atoms. The molecule has 1 unspecified atom stereocenters. The van der Waals surface area contributed by atoms with Gasteiger partial charge >= 0.3 is 0 Å². The maximum absolute atomic E-state index is 4.60. The zero-order valence-corrected chi connectivity index (χ0v) is 18.0. The Morgan fingerprint density at radius 2 is 1.73 bits per heavy atom. The molecule has 0 radical (unpaired) electrons. The molecule has 1 fully saturated rings. The first-order valence-electron chi connectivity index (χ1n) is 11.2. The predicted molar refractivity (Wildman–Crippen MR) is 118 cm³/mol. The first-order chi connectivity index (χ1) is 14.7. The minimum Gasteiger partial charge on any atom is -0.378 e. The number of fused-ring (bicyclic) bond motifs is 1. The summed E-state index contributed by atoms with van der Waals surface area (Å²) in [7, 11) is 4.17. The van der Waals surface area contributed by atoms with Crippen LogP contribution in [0.5, 0.6) is 0 Å². The Labute approximate surface area is 178 Å². The van der Waals surface area contributed by atoms with Crippen LogP contribution in [0.3, 0.4) is 0 Å². The highest BCUT2D eigenvalue weighted by atomic mass is 15.6. The average molecular weight is 404 g/mol. The number of hydrogen-bond acceptors (Lipinski definition) is 4. The summed E-state index contributed by atoms with van der Waals surface area (Å²) < 4.78 is 2.14. The van der Waals surface area contributed by atoms with E-state index in [1.165, 1.54) is 53.0 Å². The Bertz CT molecular complexity index is 987. The van der Waals surface area contributed by atoms with Crippen molar-refractivity contribution >= 4 is 5.69 Å². The minimum atomic E-state index is 0.144. The van der Waals surface area contributed by atoms with E-state index in [-0.39, 0.29) is 6.04 Å². The Morgan fingerprint density at radius 3 is 2.47 bits per heavy atom. The monoisotopic (exact) mass is 403 g/mol. The van der Waals surface area contributed by atoms with Gasteiger partial charge in [0.15, 0.2) is 6.04 Å². The largest absolute Gasteiger partial charge is 0.378 e. The highest BCUT2D eigenvalue weighted by molar-refractivity contribution is 5.46. The summed E-state index contributed by atoms with van der Waals surface area (Å²) in [6, 6.07) is 18.4. The van der Waals surface area contributed by atoms with Crippen molar-refractivity contribution < 1.29 is 4.90 Å². The van der Waals surface area contributed by atoms with Crippen molar-refractivity contribution in [3.05, 3.63) is 71.0 Å². The smallest absolute Gasteiger partial charge is 0.214 e. The van der Waals surface area contributed by atoms with Gasteiger partial charge in [-0.15, -0.1) is 5.10 Å². The van der Waals surface area contributed by atoms with Crippen molar-refractivity contribution in [2.24, 2.45) is 0 Å². The first kappa shape index (κ1) is 19.2. The van der Waals surface area contributed by atoms with Gasteiger partial charge in [0.05, 0.1) is 12.6 Å². The number of nitrogens with one attached hydrogen (secondary N) is 1. The number of aromatic nitrogens is 4. The zero-order valence-electron chi connectivity index (χ0n) is 18.0.